The number of aromatic nitrogens is 1. The molecule has 0 fully saturated rings. The number of nitrogens with one attached hydrogen (secondary N) is 1. The molecule has 0 atom stereocenters. The number of nitrogens with zero attached hydrogens (tertiary/aromatic N) is 1. The summed E-state index contributed by atoms with van der Waals surface area (Å²) in [7, 11) is 0. The van der Waals surface area contributed by atoms with Crippen molar-refractivity contribution in [3.8, 4) is 0 Å². The second kappa shape index (κ2) is 5.82. The Morgan fingerprint density at radius 2 is 2.40 bits per heavy atom. The van der Waals surface area contributed by atoms with Gasteiger partial charge in [-0.2, -0.15) is 0 Å². The zero-order chi connectivity index (χ0) is 11.3. The molecule has 1 rings (SSSR count). The molecule has 1 aromatic heterocycles. The van der Waals surface area contributed by atoms with Crippen LogP contribution >= 0.6 is 11.3 Å². The lowest BCUT2D eigenvalue weighted by Gasteiger charge is -2.00. The lowest BCUT2D eigenvalue weighted by molar-refractivity contribution is -0.136. The Hall–Kier alpha value is -0.940. The third-order valence-electron chi connectivity index (χ3n) is 1.89. The van der Waals surface area contributed by atoms with Gasteiger partial charge >= 0.3 is 5.97 Å². The van der Waals surface area contributed by atoms with Crippen molar-refractivity contribution in [2.45, 2.75) is 32.7 Å². The first-order chi connectivity index (χ1) is 7.09. The molecule has 4 nitrogen and oxygen atoms in total. The number of rotatable bonds is 6. The Bertz CT molecular complexity index is 323. The van der Waals surface area contributed by atoms with Crippen LogP contribution in [-0.2, 0) is 11.3 Å². The van der Waals surface area contributed by atoms with Crippen LogP contribution in [0.25, 0.3) is 0 Å². The van der Waals surface area contributed by atoms with E-state index in [1.165, 1.54) is 0 Å². The number of thiazole rings is 1. The lowest BCUT2D eigenvalue weighted by atomic mass is 10.2. The van der Waals surface area contributed by atoms with Gasteiger partial charge in [0.2, 0.25) is 0 Å². The first-order valence-electron chi connectivity index (χ1n) is 4.96. The molecule has 0 spiro atoms. The van der Waals surface area contributed by atoms with E-state index < -0.39 is 5.97 Å². The van der Waals surface area contributed by atoms with Crippen molar-refractivity contribution in [1.29, 1.82) is 0 Å². The average molecular weight is 228 g/mol. The van der Waals surface area contributed by atoms with Crippen molar-refractivity contribution >= 4 is 17.3 Å². The Balaban J connectivity index is 2.28. The maximum Gasteiger partial charge on any atom is 0.304 e. The maximum absolute atomic E-state index is 10.3. The molecular weight excluding hydrogens is 212 g/mol. The van der Waals surface area contributed by atoms with Crippen LogP contribution in [0.2, 0.25) is 0 Å². The summed E-state index contributed by atoms with van der Waals surface area (Å²) in [6.45, 7) is 5.36. The normalized spacial score (nSPS) is 10.9. The van der Waals surface area contributed by atoms with Crippen LogP contribution in [0.5, 0.6) is 0 Å². The Kier molecular flexibility index (Phi) is 4.71. The molecule has 15 heavy (non-hydrogen) atoms. The first-order valence-corrected chi connectivity index (χ1v) is 5.84. The number of carboxylic acid groups (broad SMARTS) is 1. The summed E-state index contributed by atoms with van der Waals surface area (Å²) in [6, 6.07) is 0. The molecule has 2 N–H and O–H groups in total. The van der Waals surface area contributed by atoms with Crippen molar-refractivity contribution in [3.63, 3.8) is 0 Å². The molecule has 0 amide bonds. The minimum atomic E-state index is -0.774. The highest BCUT2D eigenvalue weighted by Crippen LogP contribution is 2.18. The summed E-state index contributed by atoms with van der Waals surface area (Å²) in [5, 5.41) is 14.6. The van der Waals surface area contributed by atoms with Crippen LogP contribution < -0.4 is 5.32 Å². The monoisotopic (exact) mass is 228 g/mol. The molecule has 0 unspecified atom stereocenters. The highest BCUT2D eigenvalue weighted by atomic mass is 32.1. The molecule has 84 valence electrons. The van der Waals surface area contributed by atoms with Gasteiger partial charge in [0.1, 0.15) is 0 Å². The van der Waals surface area contributed by atoms with Gasteiger partial charge in [0.25, 0.3) is 0 Å². The summed E-state index contributed by atoms with van der Waals surface area (Å²) in [5.74, 6) is -0.314. The topological polar surface area (TPSA) is 62.2 Å². The van der Waals surface area contributed by atoms with E-state index >= 15 is 0 Å². The van der Waals surface area contributed by atoms with E-state index in [-0.39, 0.29) is 6.42 Å². The minimum absolute atomic E-state index is 0.154. The summed E-state index contributed by atoms with van der Waals surface area (Å²) in [4.78, 5) is 14.7. The second-order valence-corrected chi connectivity index (χ2v) is 4.54. The predicted octanol–water partition coefficient (Wildman–Crippen LogP) is 1.83. The van der Waals surface area contributed by atoms with Gasteiger partial charge in [0.05, 0.1) is 17.1 Å². The van der Waals surface area contributed by atoms with Crippen molar-refractivity contribution in [2.24, 2.45) is 0 Å². The van der Waals surface area contributed by atoms with Crippen molar-refractivity contribution < 1.29 is 9.90 Å². The fraction of sp³-hybridized carbons (Fsp3) is 0.600. The standard InChI is InChI=1S/C10H16N2O2S/c1-7(2)10-12-8(6-15-10)5-11-4-3-9(13)14/h6-7,11H,3-5H2,1-2H3,(H,13,14). The molecule has 0 radical (unpaired) electrons. The van der Waals surface area contributed by atoms with Gasteiger partial charge in [0.15, 0.2) is 0 Å². The number of hydrogen-bond donors (Lipinski definition) is 2. The third-order valence-corrected chi connectivity index (χ3v) is 3.08. The van der Waals surface area contributed by atoms with E-state index in [2.05, 4.69) is 24.1 Å². The average Bonchev–Trinajstić information content (AvgIpc) is 2.60. The van der Waals surface area contributed by atoms with Gasteiger partial charge in [-0.25, -0.2) is 4.98 Å². The quantitative estimate of drug-likeness (QED) is 0.729. The van der Waals surface area contributed by atoms with Crippen LogP contribution in [0.1, 0.15) is 36.9 Å². The van der Waals surface area contributed by atoms with Crippen LogP contribution in [0.15, 0.2) is 5.38 Å². The Morgan fingerprint density at radius 3 is 2.93 bits per heavy atom. The van der Waals surface area contributed by atoms with Gasteiger partial charge < -0.3 is 10.4 Å². The van der Waals surface area contributed by atoms with Crippen LogP contribution in [0, 0.1) is 0 Å². The van der Waals surface area contributed by atoms with Gasteiger partial charge in [-0.15, -0.1) is 11.3 Å². The Labute approximate surface area is 93.4 Å². The molecule has 0 saturated heterocycles. The van der Waals surface area contributed by atoms with Crippen molar-refractivity contribution in [2.75, 3.05) is 6.54 Å². The van der Waals surface area contributed by atoms with Gasteiger partial charge in [-0.3, -0.25) is 4.79 Å². The van der Waals surface area contributed by atoms with Gasteiger partial charge in [-0.05, 0) is 0 Å². The fourth-order valence-corrected chi connectivity index (χ4v) is 1.92. The number of carbonyl (C=O) groups is 1. The first kappa shape index (κ1) is 12.1. The molecule has 5 heteroatoms. The molecule has 0 saturated carbocycles. The largest absolute Gasteiger partial charge is 0.481 e. The highest BCUT2D eigenvalue weighted by molar-refractivity contribution is 7.09. The fourth-order valence-electron chi connectivity index (χ4n) is 1.08. The van der Waals surface area contributed by atoms with Gasteiger partial charge in [0, 0.05) is 24.4 Å². The molecular formula is C10H16N2O2S. The third kappa shape index (κ3) is 4.40. The Morgan fingerprint density at radius 1 is 1.67 bits per heavy atom. The van der Waals surface area contributed by atoms with E-state index in [1.54, 1.807) is 11.3 Å². The number of aliphatic carboxylic acids is 1. The number of hydrogen-bond acceptors (Lipinski definition) is 4. The molecule has 0 aliphatic heterocycles. The van der Waals surface area contributed by atoms with E-state index in [1.807, 2.05) is 5.38 Å². The van der Waals surface area contributed by atoms with E-state index in [0.717, 1.165) is 10.7 Å². The zero-order valence-corrected chi connectivity index (χ0v) is 9.80. The summed E-state index contributed by atoms with van der Waals surface area (Å²) in [6.07, 6.45) is 0.154. The lowest BCUT2D eigenvalue weighted by Crippen LogP contribution is -2.17. The molecule has 1 aromatic rings. The predicted molar refractivity (Wildman–Crippen MR) is 60.2 cm³/mol. The molecule has 0 aromatic carbocycles. The van der Waals surface area contributed by atoms with Crippen LogP contribution in [0.4, 0.5) is 0 Å². The molecule has 0 bridgehead atoms. The van der Waals surface area contributed by atoms with E-state index in [0.29, 0.717) is 19.0 Å². The van der Waals surface area contributed by atoms with Crippen molar-refractivity contribution in [3.05, 3.63) is 16.1 Å². The molecule has 0 aliphatic carbocycles. The van der Waals surface area contributed by atoms with Gasteiger partial charge in [-0.1, -0.05) is 13.8 Å². The van der Waals surface area contributed by atoms with E-state index in [9.17, 15) is 4.79 Å². The number of carboxylic acids is 1. The molecule has 0 aliphatic rings. The second-order valence-electron chi connectivity index (χ2n) is 3.65. The van der Waals surface area contributed by atoms with Crippen molar-refractivity contribution in [1.82, 2.24) is 10.3 Å². The SMILES string of the molecule is CC(C)c1nc(CNCCC(=O)O)cs1. The minimum Gasteiger partial charge on any atom is -0.481 e. The summed E-state index contributed by atoms with van der Waals surface area (Å²) < 4.78 is 0. The highest BCUT2D eigenvalue weighted by Gasteiger charge is 2.05. The smallest absolute Gasteiger partial charge is 0.304 e. The van der Waals surface area contributed by atoms with Crippen LogP contribution in [-0.4, -0.2) is 22.6 Å². The zero-order valence-electron chi connectivity index (χ0n) is 8.99. The summed E-state index contributed by atoms with van der Waals surface area (Å²) in [5.41, 5.74) is 0.995. The molecule has 1 heterocycles. The van der Waals surface area contributed by atoms with Crippen LogP contribution in [0.3, 0.4) is 0 Å². The maximum atomic E-state index is 10.3. The van der Waals surface area contributed by atoms with E-state index in [4.69, 9.17) is 5.11 Å². The summed E-state index contributed by atoms with van der Waals surface area (Å²) >= 11 is 1.65.